The smallest absolute Gasteiger partial charge is 0.417 e. The van der Waals surface area contributed by atoms with Crippen LogP contribution < -0.4 is 10.1 Å². The summed E-state index contributed by atoms with van der Waals surface area (Å²) >= 11 is 0. The minimum Gasteiger partial charge on any atom is -0.489 e. The van der Waals surface area contributed by atoms with Crippen LogP contribution >= 0.6 is 0 Å². The Morgan fingerprint density at radius 3 is 2.55 bits per heavy atom. The summed E-state index contributed by atoms with van der Waals surface area (Å²) in [6, 6.07) is 25.8. The van der Waals surface area contributed by atoms with Crippen LogP contribution in [-0.4, -0.2) is 25.7 Å². The number of nitrogens with one attached hydrogen (secondary N) is 1. The van der Waals surface area contributed by atoms with E-state index in [-0.39, 0.29) is 18.1 Å². The first-order valence-corrected chi connectivity index (χ1v) is 12.5. The number of carbonyl (C=O) groups excluding carboxylic acids is 1. The summed E-state index contributed by atoms with van der Waals surface area (Å²) in [5.41, 5.74) is 0.984. The average Bonchev–Trinajstić information content (AvgIpc) is 2.94. The van der Waals surface area contributed by atoms with Crippen molar-refractivity contribution < 1.29 is 27.4 Å². The van der Waals surface area contributed by atoms with Crippen molar-refractivity contribution in [3.63, 3.8) is 0 Å². The zero-order valence-electron chi connectivity index (χ0n) is 21.1. The van der Waals surface area contributed by atoms with Gasteiger partial charge in [0.25, 0.3) is 0 Å². The second-order valence-corrected chi connectivity index (χ2v) is 9.56. The molecule has 4 aromatic carbocycles. The minimum absolute atomic E-state index is 0.0384. The lowest BCUT2D eigenvalue weighted by Gasteiger charge is -2.34. The van der Waals surface area contributed by atoms with Gasteiger partial charge in [-0.2, -0.15) is 13.2 Å². The van der Waals surface area contributed by atoms with E-state index in [2.05, 4.69) is 41.2 Å². The monoisotopic (exact) mass is 519 g/mol. The standard InChI is InChI=1S/C31H28F3NO3/c1-19(23-12-7-9-20-8-3-4-10-24(20)23)35-18-22-17-27(25-11-5-6-13-29(25)38-22)21-14-15-26(30(36)37-2)28(16-21)31(32,33)34/h3-16,19,22,27,35H,17-18H2,1-2H3/t19-,22-,27+/m1/s1. The molecule has 5 rings (SSSR count). The molecule has 1 aliphatic rings. The summed E-state index contributed by atoms with van der Waals surface area (Å²) < 4.78 is 52.6. The summed E-state index contributed by atoms with van der Waals surface area (Å²) in [5.74, 6) is -0.688. The fourth-order valence-electron chi connectivity index (χ4n) is 5.28. The van der Waals surface area contributed by atoms with Crippen LogP contribution in [0.4, 0.5) is 13.2 Å². The molecule has 0 aliphatic carbocycles. The quantitative estimate of drug-likeness (QED) is 0.272. The van der Waals surface area contributed by atoms with Gasteiger partial charge in [0.2, 0.25) is 0 Å². The molecule has 0 bridgehead atoms. The Hall–Kier alpha value is -3.84. The Labute approximate surface area is 219 Å². The summed E-state index contributed by atoms with van der Waals surface area (Å²) in [6.07, 6.45) is -4.47. The van der Waals surface area contributed by atoms with Gasteiger partial charge in [-0.1, -0.05) is 66.7 Å². The molecule has 0 amide bonds. The van der Waals surface area contributed by atoms with Crippen LogP contribution in [0.25, 0.3) is 10.8 Å². The summed E-state index contributed by atoms with van der Waals surface area (Å²) in [6.45, 7) is 2.61. The number of benzene rings is 4. The molecule has 0 spiro atoms. The number of alkyl halides is 3. The molecule has 7 heteroatoms. The van der Waals surface area contributed by atoms with Crippen molar-refractivity contribution in [3.8, 4) is 5.75 Å². The van der Waals surface area contributed by atoms with Gasteiger partial charge in [0.1, 0.15) is 11.9 Å². The Morgan fingerprint density at radius 2 is 1.76 bits per heavy atom. The molecule has 1 heterocycles. The highest BCUT2D eigenvalue weighted by Crippen LogP contribution is 2.42. The van der Waals surface area contributed by atoms with Crippen LogP contribution in [0.15, 0.2) is 84.9 Å². The molecule has 0 unspecified atom stereocenters. The number of carbonyl (C=O) groups is 1. The topological polar surface area (TPSA) is 47.6 Å². The fraction of sp³-hybridized carbons (Fsp3) is 0.258. The summed E-state index contributed by atoms with van der Waals surface area (Å²) in [5, 5.41) is 5.90. The Bertz CT molecular complexity index is 1460. The lowest BCUT2D eigenvalue weighted by Crippen LogP contribution is -2.37. The van der Waals surface area contributed by atoms with Gasteiger partial charge < -0.3 is 14.8 Å². The van der Waals surface area contributed by atoms with Crippen LogP contribution in [0.1, 0.15) is 57.9 Å². The van der Waals surface area contributed by atoms with Crippen LogP contribution in [0.2, 0.25) is 0 Å². The van der Waals surface area contributed by atoms with Crippen molar-refractivity contribution in [2.24, 2.45) is 0 Å². The van der Waals surface area contributed by atoms with Crippen LogP contribution in [-0.2, 0) is 10.9 Å². The van der Waals surface area contributed by atoms with Crippen LogP contribution in [0.3, 0.4) is 0 Å². The molecule has 196 valence electrons. The van der Waals surface area contributed by atoms with Gasteiger partial charge in [-0.05, 0) is 53.4 Å². The van der Waals surface area contributed by atoms with E-state index in [1.807, 2.05) is 42.5 Å². The molecule has 4 aromatic rings. The van der Waals surface area contributed by atoms with E-state index in [1.165, 1.54) is 17.0 Å². The van der Waals surface area contributed by atoms with Gasteiger partial charge >= 0.3 is 12.1 Å². The van der Waals surface area contributed by atoms with Gasteiger partial charge in [-0.15, -0.1) is 0 Å². The molecule has 38 heavy (non-hydrogen) atoms. The predicted molar refractivity (Wildman–Crippen MR) is 140 cm³/mol. The van der Waals surface area contributed by atoms with Crippen molar-refractivity contribution in [3.05, 3.63) is 113 Å². The van der Waals surface area contributed by atoms with E-state index < -0.39 is 23.3 Å². The van der Waals surface area contributed by atoms with Crippen molar-refractivity contribution in [1.29, 1.82) is 0 Å². The molecule has 0 aromatic heterocycles. The van der Waals surface area contributed by atoms with Crippen molar-refractivity contribution in [2.45, 2.75) is 37.6 Å². The maximum Gasteiger partial charge on any atom is 0.417 e. The number of para-hydroxylation sites is 1. The Balaban J connectivity index is 1.42. The predicted octanol–water partition coefficient (Wildman–Crippen LogP) is 7.28. The third-order valence-corrected chi connectivity index (χ3v) is 7.18. The molecular weight excluding hydrogens is 491 g/mol. The molecule has 0 saturated heterocycles. The first-order chi connectivity index (χ1) is 18.3. The third-order valence-electron chi connectivity index (χ3n) is 7.18. The summed E-state index contributed by atoms with van der Waals surface area (Å²) in [7, 11) is 1.07. The lowest BCUT2D eigenvalue weighted by atomic mass is 9.83. The van der Waals surface area contributed by atoms with Gasteiger partial charge in [0.15, 0.2) is 0 Å². The number of hydrogen-bond acceptors (Lipinski definition) is 4. The third kappa shape index (κ3) is 5.11. The SMILES string of the molecule is COC(=O)c1ccc([C@@H]2C[C@H](CN[C@H](C)c3cccc4ccccc34)Oc3ccccc32)cc1C(F)(F)F. The highest BCUT2D eigenvalue weighted by Gasteiger charge is 2.37. The molecule has 1 aliphatic heterocycles. The number of esters is 1. The number of rotatable bonds is 6. The fourth-order valence-corrected chi connectivity index (χ4v) is 5.28. The number of ether oxygens (including phenoxy) is 2. The Morgan fingerprint density at radius 1 is 1.03 bits per heavy atom. The van der Waals surface area contributed by atoms with Gasteiger partial charge in [-0.25, -0.2) is 4.79 Å². The van der Waals surface area contributed by atoms with Crippen LogP contribution in [0, 0.1) is 0 Å². The maximum absolute atomic E-state index is 13.9. The normalized spacial score (nSPS) is 17.9. The molecule has 0 saturated carbocycles. The van der Waals surface area contributed by atoms with E-state index in [0.717, 1.165) is 24.1 Å². The van der Waals surface area contributed by atoms with E-state index in [4.69, 9.17) is 4.74 Å². The number of fused-ring (bicyclic) bond motifs is 2. The molecule has 4 nitrogen and oxygen atoms in total. The molecule has 0 fully saturated rings. The second kappa shape index (κ2) is 10.5. The van der Waals surface area contributed by atoms with Gasteiger partial charge in [-0.3, -0.25) is 0 Å². The van der Waals surface area contributed by atoms with E-state index >= 15 is 0 Å². The average molecular weight is 520 g/mol. The van der Waals surface area contributed by atoms with E-state index in [0.29, 0.717) is 24.3 Å². The number of hydrogen-bond donors (Lipinski definition) is 1. The van der Waals surface area contributed by atoms with E-state index in [1.54, 1.807) is 6.07 Å². The highest BCUT2D eigenvalue weighted by atomic mass is 19.4. The molecule has 0 radical (unpaired) electrons. The first kappa shape index (κ1) is 25.8. The zero-order valence-corrected chi connectivity index (χ0v) is 21.1. The van der Waals surface area contributed by atoms with Gasteiger partial charge in [0.05, 0.1) is 18.2 Å². The lowest BCUT2D eigenvalue weighted by molar-refractivity contribution is -0.138. The largest absolute Gasteiger partial charge is 0.489 e. The number of methoxy groups -OCH3 is 1. The summed E-state index contributed by atoms with van der Waals surface area (Å²) in [4.78, 5) is 12.0. The molecule has 1 N–H and O–H groups in total. The maximum atomic E-state index is 13.9. The zero-order chi connectivity index (χ0) is 26.9. The van der Waals surface area contributed by atoms with Crippen LogP contribution in [0.5, 0.6) is 5.75 Å². The first-order valence-electron chi connectivity index (χ1n) is 12.5. The van der Waals surface area contributed by atoms with Crippen molar-refractivity contribution in [1.82, 2.24) is 5.32 Å². The molecule has 3 atom stereocenters. The highest BCUT2D eigenvalue weighted by molar-refractivity contribution is 5.91. The van der Waals surface area contributed by atoms with Crippen molar-refractivity contribution >= 4 is 16.7 Å². The van der Waals surface area contributed by atoms with E-state index in [9.17, 15) is 18.0 Å². The second-order valence-electron chi connectivity index (χ2n) is 9.56. The Kier molecular flexibility index (Phi) is 7.13. The van der Waals surface area contributed by atoms with Crippen molar-refractivity contribution in [2.75, 3.05) is 13.7 Å². The molecular formula is C31H28F3NO3. The number of halogens is 3. The van der Waals surface area contributed by atoms with Gasteiger partial charge in [0, 0.05) is 24.1 Å². The minimum atomic E-state index is -4.70.